The highest BCUT2D eigenvalue weighted by molar-refractivity contribution is 6.30. The number of rotatable bonds is 2. The number of halogens is 1. The molecule has 21 heavy (non-hydrogen) atoms. The first kappa shape index (κ1) is 13.6. The van der Waals surface area contributed by atoms with Gasteiger partial charge in [-0.3, -0.25) is 4.79 Å². The van der Waals surface area contributed by atoms with Crippen molar-refractivity contribution < 1.29 is 4.79 Å². The molecule has 0 radical (unpaired) electrons. The largest absolute Gasteiger partial charge is 0.320 e. The summed E-state index contributed by atoms with van der Waals surface area (Å²) in [5.74, 6) is -0.233. The van der Waals surface area contributed by atoms with Crippen LogP contribution < -0.4 is 5.32 Å². The molecule has 3 rings (SSSR count). The summed E-state index contributed by atoms with van der Waals surface area (Å²) in [6.45, 7) is 3.87. The summed E-state index contributed by atoms with van der Waals surface area (Å²) in [7, 11) is 0. The second-order valence-electron chi connectivity index (χ2n) is 4.93. The summed E-state index contributed by atoms with van der Waals surface area (Å²) in [6, 6.07) is 11.1. The Morgan fingerprint density at radius 1 is 1.24 bits per heavy atom. The van der Waals surface area contributed by atoms with E-state index in [9.17, 15) is 4.79 Å². The first-order chi connectivity index (χ1) is 10.0. The zero-order valence-corrected chi connectivity index (χ0v) is 12.5. The normalized spacial score (nSPS) is 10.8. The van der Waals surface area contributed by atoms with E-state index in [0.717, 1.165) is 22.6 Å². The summed E-state index contributed by atoms with van der Waals surface area (Å²) in [5, 5.41) is 3.51. The minimum atomic E-state index is -0.233. The van der Waals surface area contributed by atoms with Gasteiger partial charge in [0.05, 0.1) is 0 Å². The molecule has 3 aromatic rings. The van der Waals surface area contributed by atoms with Gasteiger partial charge in [-0.15, -0.1) is 0 Å². The molecular weight excluding hydrogens is 286 g/mol. The van der Waals surface area contributed by atoms with Crippen LogP contribution in [0.1, 0.15) is 21.7 Å². The maximum Gasteiger partial charge on any atom is 0.275 e. The number of hydrogen-bond acceptors (Lipinski definition) is 2. The van der Waals surface area contributed by atoms with Crippen molar-refractivity contribution in [3.8, 4) is 0 Å². The Morgan fingerprint density at radius 3 is 2.76 bits per heavy atom. The molecule has 1 aromatic carbocycles. The lowest BCUT2D eigenvalue weighted by atomic mass is 10.2. The van der Waals surface area contributed by atoms with Crippen LogP contribution in [0.2, 0.25) is 5.02 Å². The van der Waals surface area contributed by atoms with Crippen molar-refractivity contribution in [2.24, 2.45) is 0 Å². The number of hydrogen-bond donors (Lipinski definition) is 1. The molecule has 0 saturated carbocycles. The minimum Gasteiger partial charge on any atom is -0.320 e. The predicted molar refractivity (Wildman–Crippen MR) is 84.1 cm³/mol. The number of nitrogens with one attached hydrogen (secondary N) is 1. The fourth-order valence-electron chi connectivity index (χ4n) is 2.21. The Morgan fingerprint density at radius 2 is 2.05 bits per heavy atom. The Hall–Kier alpha value is -2.33. The summed E-state index contributed by atoms with van der Waals surface area (Å²) in [4.78, 5) is 16.7. The molecule has 0 aliphatic carbocycles. The molecule has 5 heteroatoms. The van der Waals surface area contributed by atoms with Crippen LogP contribution in [0.3, 0.4) is 0 Å². The number of benzene rings is 1. The van der Waals surface area contributed by atoms with Gasteiger partial charge in [-0.25, -0.2) is 4.98 Å². The monoisotopic (exact) mass is 299 g/mol. The van der Waals surface area contributed by atoms with Crippen molar-refractivity contribution in [3.63, 3.8) is 0 Å². The Bertz CT molecular complexity index is 839. The van der Waals surface area contributed by atoms with Crippen molar-refractivity contribution in [2.75, 3.05) is 5.32 Å². The van der Waals surface area contributed by atoms with Crippen molar-refractivity contribution in [2.45, 2.75) is 13.8 Å². The number of fused-ring (bicyclic) bond motifs is 1. The van der Waals surface area contributed by atoms with E-state index in [1.165, 1.54) is 0 Å². The van der Waals surface area contributed by atoms with Gasteiger partial charge in [0.25, 0.3) is 5.91 Å². The second-order valence-corrected chi connectivity index (χ2v) is 5.37. The maximum absolute atomic E-state index is 12.3. The Balaban J connectivity index is 1.92. The standard InChI is InChI=1S/C16H14ClN3O/c1-10-8-12(17)6-7-13(10)19-16(21)14-9-20-11(2)4-3-5-15(20)18-14/h3-9H,1-2H3,(H,19,21). The third-order valence-corrected chi connectivity index (χ3v) is 3.60. The van der Waals surface area contributed by atoms with Crippen LogP contribution in [0.15, 0.2) is 42.6 Å². The van der Waals surface area contributed by atoms with E-state index in [4.69, 9.17) is 11.6 Å². The summed E-state index contributed by atoms with van der Waals surface area (Å²) in [6.07, 6.45) is 1.74. The molecule has 0 fully saturated rings. The Labute approximate surface area is 127 Å². The molecule has 0 aliphatic heterocycles. The topological polar surface area (TPSA) is 46.4 Å². The molecular formula is C16H14ClN3O. The molecule has 0 spiro atoms. The number of carbonyl (C=O) groups excluding carboxylic acids is 1. The van der Waals surface area contributed by atoms with E-state index >= 15 is 0 Å². The van der Waals surface area contributed by atoms with E-state index in [0.29, 0.717) is 10.7 Å². The van der Waals surface area contributed by atoms with Gasteiger partial charge in [0.1, 0.15) is 11.3 Å². The first-order valence-electron chi connectivity index (χ1n) is 6.57. The van der Waals surface area contributed by atoms with Gasteiger partial charge >= 0.3 is 0 Å². The average Bonchev–Trinajstić information content (AvgIpc) is 2.87. The van der Waals surface area contributed by atoms with Crippen LogP contribution in [0.5, 0.6) is 0 Å². The molecule has 4 nitrogen and oxygen atoms in total. The van der Waals surface area contributed by atoms with E-state index in [1.807, 2.05) is 42.5 Å². The molecule has 106 valence electrons. The number of aryl methyl sites for hydroxylation is 2. The lowest BCUT2D eigenvalue weighted by Crippen LogP contribution is -2.13. The number of aromatic nitrogens is 2. The predicted octanol–water partition coefficient (Wildman–Crippen LogP) is 3.86. The smallest absolute Gasteiger partial charge is 0.275 e. The fourth-order valence-corrected chi connectivity index (χ4v) is 2.44. The van der Waals surface area contributed by atoms with Gasteiger partial charge in [0.15, 0.2) is 0 Å². The van der Waals surface area contributed by atoms with Crippen LogP contribution in [-0.2, 0) is 0 Å². The highest BCUT2D eigenvalue weighted by Gasteiger charge is 2.12. The van der Waals surface area contributed by atoms with Gasteiger partial charge in [0.2, 0.25) is 0 Å². The van der Waals surface area contributed by atoms with Crippen molar-refractivity contribution in [1.82, 2.24) is 9.38 Å². The van der Waals surface area contributed by atoms with Crippen molar-refractivity contribution in [1.29, 1.82) is 0 Å². The van der Waals surface area contributed by atoms with Gasteiger partial charge in [0, 0.05) is 22.6 Å². The highest BCUT2D eigenvalue weighted by Crippen LogP contribution is 2.20. The van der Waals surface area contributed by atoms with Gasteiger partial charge in [-0.05, 0) is 49.7 Å². The zero-order valence-electron chi connectivity index (χ0n) is 11.7. The number of imidazole rings is 1. The van der Waals surface area contributed by atoms with Crippen LogP contribution in [0.25, 0.3) is 5.65 Å². The molecule has 0 atom stereocenters. The second kappa shape index (κ2) is 5.22. The molecule has 1 amide bonds. The fraction of sp³-hybridized carbons (Fsp3) is 0.125. The number of amides is 1. The van der Waals surface area contributed by atoms with Gasteiger partial charge in [-0.1, -0.05) is 17.7 Å². The van der Waals surface area contributed by atoms with E-state index < -0.39 is 0 Å². The third kappa shape index (κ3) is 2.62. The number of carbonyl (C=O) groups is 1. The van der Waals surface area contributed by atoms with E-state index in [-0.39, 0.29) is 5.91 Å². The van der Waals surface area contributed by atoms with Crippen molar-refractivity contribution >= 4 is 28.8 Å². The molecule has 0 unspecified atom stereocenters. The number of nitrogens with zero attached hydrogens (tertiary/aromatic N) is 2. The lowest BCUT2D eigenvalue weighted by Gasteiger charge is -2.06. The molecule has 2 aromatic heterocycles. The van der Waals surface area contributed by atoms with Crippen LogP contribution >= 0.6 is 11.6 Å². The SMILES string of the molecule is Cc1cc(Cl)ccc1NC(=O)c1cn2c(C)cccc2n1. The summed E-state index contributed by atoms with van der Waals surface area (Å²) < 4.78 is 1.89. The number of anilines is 1. The van der Waals surface area contributed by atoms with Crippen molar-refractivity contribution in [3.05, 3.63) is 64.6 Å². The van der Waals surface area contributed by atoms with E-state index in [1.54, 1.807) is 18.3 Å². The van der Waals surface area contributed by atoms with Crippen LogP contribution in [0, 0.1) is 13.8 Å². The molecule has 0 bridgehead atoms. The molecule has 2 heterocycles. The quantitative estimate of drug-likeness (QED) is 0.781. The first-order valence-corrected chi connectivity index (χ1v) is 6.94. The van der Waals surface area contributed by atoms with E-state index in [2.05, 4.69) is 10.3 Å². The molecule has 0 saturated heterocycles. The van der Waals surface area contributed by atoms with Gasteiger partial charge < -0.3 is 9.72 Å². The summed E-state index contributed by atoms with van der Waals surface area (Å²) >= 11 is 5.91. The van der Waals surface area contributed by atoms with Crippen LogP contribution in [-0.4, -0.2) is 15.3 Å². The maximum atomic E-state index is 12.3. The lowest BCUT2D eigenvalue weighted by molar-refractivity contribution is 0.102. The van der Waals surface area contributed by atoms with Gasteiger partial charge in [-0.2, -0.15) is 0 Å². The molecule has 1 N–H and O–H groups in total. The Kier molecular flexibility index (Phi) is 3.39. The number of pyridine rings is 1. The highest BCUT2D eigenvalue weighted by atomic mass is 35.5. The summed E-state index contributed by atoms with van der Waals surface area (Å²) in [5.41, 5.74) is 3.82. The third-order valence-electron chi connectivity index (χ3n) is 3.37. The molecule has 0 aliphatic rings. The van der Waals surface area contributed by atoms with Crippen LogP contribution in [0.4, 0.5) is 5.69 Å². The average molecular weight is 300 g/mol. The minimum absolute atomic E-state index is 0.233. The zero-order chi connectivity index (χ0) is 15.0.